The Labute approximate surface area is 137 Å². The minimum Gasteiger partial charge on any atom is -0.444 e. The first-order chi connectivity index (χ1) is 10.8. The average Bonchev–Trinajstić information content (AvgIpc) is 2.79. The molecule has 0 aliphatic carbocycles. The number of rotatable bonds is 5. The van der Waals surface area contributed by atoms with Gasteiger partial charge < -0.3 is 20.4 Å². The van der Waals surface area contributed by atoms with Gasteiger partial charge in [0.1, 0.15) is 11.4 Å². The molecule has 1 aromatic carbocycles. The summed E-state index contributed by atoms with van der Waals surface area (Å²) >= 11 is 0. The van der Waals surface area contributed by atoms with Gasteiger partial charge in [-0.1, -0.05) is 12.1 Å². The number of aromatic nitrogens is 2. The Morgan fingerprint density at radius 2 is 2.09 bits per heavy atom. The molecule has 0 fully saturated rings. The second-order valence-corrected chi connectivity index (χ2v) is 6.70. The summed E-state index contributed by atoms with van der Waals surface area (Å²) in [6.45, 7) is 6.06. The lowest BCUT2D eigenvalue weighted by molar-refractivity contribution is 0.0526. The third-order valence-electron chi connectivity index (χ3n) is 3.51. The summed E-state index contributed by atoms with van der Waals surface area (Å²) in [5.41, 5.74) is 7.80. The van der Waals surface area contributed by atoms with E-state index >= 15 is 0 Å². The third-order valence-corrected chi connectivity index (χ3v) is 3.51. The van der Waals surface area contributed by atoms with Gasteiger partial charge in [0.15, 0.2) is 0 Å². The topological polar surface area (TPSA) is 82.2 Å². The van der Waals surface area contributed by atoms with Gasteiger partial charge in [-0.3, -0.25) is 0 Å². The van der Waals surface area contributed by atoms with E-state index < -0.39 is 11.7 Å². The van der Waals surface area contributed by atoms with Crippen molar-refractivity contribution in [1.29, 1.82) is 0 Å². The summed E-state index contributed by atoms with van der Waals surface area (Å²) in [5.74, 6) is 0.864. The molecule has 1 aromatic heterocycles. The van der Waals surface area contributed by atoms with Gasteiger partial charge >= 0.3 is 6.09 Å². The van der Waals surface area contributed by atoms with Gasteiger partial charge in [0, 0.05) is 13.6 Å². The molecule has 0 bridgehead atoms. The fourth-order valence-electron chi connectivity index (χ4n) is 2.45. The number of alkyl carbamates (subject to hydrolysis) is 1. The number of para-hydroxylation sites is 2. The van der Waals surface area contributed by atoms with Crippen molar-refractivity contribution in [2.24, 2.45) is 12.8 Å². The molecule has 1 atom stereocenters. The Balaban J connectivity index is 1.84. The van der Waals surface area contributed by atoms with Gasteiger partial charge in [-0.25, -0.2) is 9.78 Å². The Kier molecular flexibility index (Phi) is 5.26. The van der Waals surface area contributed by atoms with Gasteiger partial charge in [0.2, 0.25) is 0 Å². The highest BCUT2D eigenvalue weighted by Gasteiger charge is 2.17. The highest BCUT2D eigenvalue weighted by molar-refractivity contribution is 5.75. The van der Waals surface area contributed by atoms with Crippen LogP contribution in [-0.4, -0.2) is 27.8 Å². The van der Waals surface area contributed by atoms with Crippen molar-refractivity contribution in [3.63, 3.8) is 0 Å². The van der Waals surface area contributed by atoms with Crippen molar-refractivity contribution in [3.05, 3.63) is 30.1 Å². The van der Waals surface area contributed by atoms with Crippen molar-refractivity contribution in [3.8, 4) is 0 Å². The molecule has 126 valence electrons. The Morgan fingerprint density at radius 1 is 1.39 bits per heavy atom. The largest absolute Gasteiger partial charge is 0.444 e. The first-order valence-corrected chi connectivity index (χ1v) is 7.92. The lowest BCUT2D eigenvalue weighted by Crippen LogP contribution is -2.33. The number of aryl methyl sites for hydroxylation is 1. The highest BCUT2D eigenvalue weighted by atomic mass is 16.6. The molecule has 2 rings (SSSR count). The number of ether oxygens (including phenoxy) is 1. The number of imidazole rings is 1. The number of benzene rings is 1. The van der Waals surface area contributed by atoms with Crippen LogP contribution in [0, 0.1) is 0 Å². The van der Waals surface area contributed by atoms with E-state index in [1.165, 1.54) is 0 Å². The molecule has 6 heteroatoms. The van der Waals surface area contributed by atoms with E-state index in [9.17, 15) is 4.79 Å². The molecule has 0 saturated carbocycles. The molecule has 23 heavy (non-hydrogen) atoms. The van der Waals surface area contributed by atoms with Crippen molar-refractivity contribution in [1.82, 2.24) is 14.9 Å². The molecular weight excluding hydrogens is 292 g/mol. The average molecular weight is 318 g/mol. The maximum absolute atomic E-state index is 11.6. The van der Waals surface area contributed by atoms with E-state index in [1.807, 2.05) is 56.7 Å². The fraction of sp³-hybridized carbons (Fsp3) is 0.529. The molecule has 0 radical (unpaired) electrons. The number of amides is 1. The zero-order chi connectivity index (χ0) is 17.0. The van der Waals surface area contributed by atoms with Crippen LogP contribution in [0.15, 0.2) is 24.3 Å². The van der Waals surface area contributed by atoms with Crippen LogP contribution in [0.5, 0.6) is 0 Å². The van der Waals surface area contributed by atoms with Crippen LogP contribution in [0.1, 0.15) is 45.5 Å². The van der Waals surface area contributed by atoms with Crippen LogP contribution in [-0.2, 0) is 11.8 Å². The second kappa shape index (κ2) is 7.00. The first kappa shape index (κ1) is 17.3. The summed E-state index contributed by atoms with van der Waals surface area (Å²) in [4.78, 5) is 16.2. The third kappa shape index (κ3) is 4.69. The molecule has 1 heterocycles. The van der Waals surface area contributed by atoms with Crippen LogP contribution in [0.2, 0.25) is 0 Å². The van der Waals surface area contributed by atoms with Gasteiger partial charge in [-0.05, 0) is 45.7 Å². The minimum absolute atomic E-state index is 0.159. The lowest BCUT2D eigenvalue weighted by atomic mass is 10.1. The minimum atomic E-state index is -0.479. The number of hydrogen-bond acceptors (Lipinski definition) is 4. The predicted molar refractivity (Wildman–Crippen MR) is 91.1 cm³/mol. The van der Waals surface area contributed by atoms with Crippen molar-refractivity contribution >= 4 is 17.1 Å². The number of carbonyl (C=O) groups is 1. The number of nitrogens with one attached hydrogen (secondary N) is 1. The van der Waals surface area contributed by atoms with Crippen LogP contribution >= 0.6 is 0 Å². The molecule has 1 amide bonds. The summed E-state index contributed by atoms with van der Waals surface area (Å²) in [6.07, 6.45) is 1.12. The molecular formula is C17H26N4O2. The zero-order valence-corrected chi connectivity index (χ0v) is 14.3. The smallest absolute Gasteiger partial charge is 0.407 e. The zero-order valence-electron chi connectivity index (χ0n) is 14.3. The number of nitrogens with two attached hydrogens (primary N) is 1. The van der Waals surface area contributed by atoms with Crippen LogP contribution in [0.25, 0.3) is 11.0 Å². The van der Waals surface area contributed by atoms with E-state index in [-0.39, 0.29) is 6.04 Å². The van der Waals surface area contributed by atoms with Gasteiger partial charge in [0.05, 0.1) is 17.1 Å². The van der Waals surface area contributed by atoms with E-state index in [0.29, 0.717) is 6.54 Å². The molecule has 2 aromatic rings. The Bertz CT molecular complexity index is 673. The molecule has 6 nitrogen and oxygen atoms in total. The second-order valence-electron chi connectivity index (χ2n) is 6.70. The van der Waals surface area contributed by atoms with Gasteiger partial charge in [0.25, 0.3) is 0 Å². The quantitative estimate of drug-likeness (QED) is 0.831. The Hall–Kier alpha value is -2.08. The Morgan fingerprint density at radius 3 is 2.74 bits per heavy atom. The number of hydrogen-bond donors (Lipinski definition) is 2. The van der Waals surface area contributed by atoms with Gasteiger partial charge in [-0.2, -0.15) is 0 Å². The number of nitrogens with zero attached hydrogens (tertiary/aromatic N) is 2. The molecule has 1 unspecified atom stereocenters. The monoisotopic (exact) mass is 318 g/mol. The van der Waals surface area contributed by atoms with Crippen molar-refractivity contribution < 1.29 is 9.53 Å². The molecule has 0 aliphatic heterocycles. The van der Waals surface area contributed by atoms with Crippen LogP contribution in [0.4, 0.5) is 4.79 Å². The maximum atomic E-state index is 11.6. The number of fused-ring (bicyclic) bond motifs is 1. The SMILES string of the molecule is Cn1c(C(N)CCCNC(=O)OC(C)(C)C)nc2ccccc21. The first-order valence-electron chi connectivity index (χ1n) is 7.92. The van der Waals surface area contributed by atoms with Crippen molar-refractivity contribution in [2.75, 3.05) is 6.54 Å². The summed E-state index contributed by atoms with van der Waals surface area (Å²) < 4.78 is 7.22. The normalized spacial score (nSPS) is 13.1. The lowest BCUT2D eigenvalue weighted by Gasteiger charge is -2.19. The highest BCUT2D eigenvalue weighted by Crippen LogP contribution is 2.20. The van der Waals surface area contributed by atoms with Crippen LogP contribution in [0.3, 0.4) is 0 Å². The van der Waals surface area contributed by atoms with E-state index in [2.05, 4.69) is 10.3 Å². The number of carbonyl (C=O) groups excluding carboxylic acids is 1. The molecule has 0 spiro atoms. The molecule has 0 aliphatic rings. The summed E-state index contributed by atoms with van der Waals surface area (Å²) in [5, 5.41) is 2.74. The predicted octanol–water partition coefficient (Wildman–Crippen LogP) is 2.88. The van der Waals surface area contributed by atoms with Crippen LogP contribution < -0.4 is 11.1 Å². The molecule has 0 saturated heterocycles. The molecule has 3 N–H and O–H groups in total. The summed E-state index contributed by atoms with van der Waals surface area (Å²) in [7, 11) is 1.98. The standard InChI is InChI=1S/C17H26N4O2/c1-17(2,3)23-16(22)19-11-7-8-12(18)15-20-13-9-5-6-10-14(13)21(15)4/h5-6,9-10,12H,7-8,11,18H2,1-4H3,(H,19,22). The van der Waals surface area contributed by atoms with E-state index in [1.54, 1.807) is 0 Å². The summed E-state index contributed by atoms with van der Waals surface area (Å²) in [6, 6.07) is 7.81. The fourth-order valence-corrected chi connectivity index (χ4v) is 2.45. The van der Waals surface area contributed by atoms with Crippen molar-refractivity contribution in [2.45, 2.75) is 45.3 Å². The maximum Gasteiger partial charge on any atom is 0.407 e. The van der Waals surface area contributed by atoms with E-state index in [0.717, 1.165) is 29.7 Å². The van der Waals surface area contributed by atoms with Gasteiger partial charge in [-0.15, -0.1) is 0 Å². The van der Waals surface area contributed by atoms with E-state index in [4.69, 9.17) is 10.5 Å².